The molecule has 0 radical (unpaired) electrons. The molecule has 4 aromatic rings. The Balaban J connectivity index is 1.70. The van der Waals surface area contributed by atoms with Gasteiger partial charge in [-0.1, -0.05) is 18.2 Å². The van der Waals surface area contributed by atoms with Crippen LogP contribution in [0.4, 0.5) is 11.5 Å². The Hall–Kier alpha value is -3.30. The van der Waals surface area contributed by atoms with Gasteiger partial charge in [0.1, 0.15) is 5.82 Å². The van der Waals surface area contributed by atoms with E-state index in [0.717, 1.165) is 26.6 Å². The fourth-order valence-corrected chi connectivity index (χ4v) is 2.90. The van der Waals surface area contributed by atoms with Crippen molar-refractivity contribution in [2.24, 2.45) is 0 Å². The number of hydrogen-bond donors (Lipinski definition) is 1. The minimum absolute atomic E-state index is 0.551. The van der Waals surface area contributed by atoms with Gasteiger partial charge in [0.05, 0.1) is 21.6 Å². The zero-order valence-corrected chi connectivity index (χ0v) is 15.1. The molecule has 2 aromatic carbocycles. The third-order valence-electron chi connectivity index (χ3n) is 3.86. The van der Waals surface area contributed by atoms with Gasteiger partial charge in [-0.15, -0.1) is 0 Å². The Bertz CT molecular complexity index is 1150. The normalized spacial score (nSPS) is 10.5. The summed E-state index contributed by atoms with van der Waals surface area (Å²) in [5.74, 6) is 1.20. The van der Waals surface area contributed by atoms with Gasteiger partial charge < -0.3 is 5.32 Å². The second-order valence-electron chi connectivity index (χ2n) is 5.62. The van der Waals surface area contributed by atoms with Gasteiger partial charge in [0.2, 0.25) is 0 Å². The Labute approximate surface area is 158 Å². The van der Waals surface area contributed by atoms with Crippen LogP contribution in [0.15, 0.2) is 71.5 Å². The number of nitrogens with one attached hydrogen (secondary N) is 1. The van der Waals surface area contributed by atoms with Crippen molar-refractivity contribution in [3.05, 3.63) is 77.0 Å². The predicted molar refractivity (Wildman–Crippen MR) is 105 cm³/mol. The Kier molecular flexibility index (Phi) is 4.30. The number of halogens is 1. The molecular formula is C20H12BrN5. The molecule has 0 spiro atoms. The predicted octanol–water partition coefficient (Wildman–Crippen LogP) is 5.07. The number of aromatic nitrogens is 3. The molecule has 0 unspecified atom stereocenters. The molecule has 0 aliphatic rings. The summed E-state index contributed by atoms with van der Waals surface area (Å²) in [6.45, 7) is 0. The number of rotatable bonds is 3. The number of hydrogen-bond acceptors (Lipinski definition) is 5. The van der Waals surface area contributed by atoms with E-state index in [1.54, 1.807) is 24.5 Å². The van der Waals surface area contributed by atoms with Crippen molar-refractivity contribution >= 4 is 38.3 Å². The van der Waals surface area contributed by atoms with Crippen molar-refractivity contribution in [2.75, 3.05) is 5.32 Å². The highest BCUT2D eigenvalue weighted by molar-refractivity contribution is 9.10. The van der Waals surface area contributed by atoms with Gasteiger partial charge in [-0.05, 0) is 52.3 Å². The summed E-state index contributed by atoms with van der Waals surface area (Å²) < 4.78 is 0.754. The lowest BCUT2D eigenvalue weighted by molar-refractivity contribution is 1.16. The van der Waals surface area contributed by atoms with Crippen molar-refractivity contribution in [3.63, 3.8) is 0 Å². The van der Waals surface area contributed by atoms with E-state index < -0.39 is 0 Å². The second kappa shape index (κ2) is 6.90. The molecule has 0 fully saturated rings. The second-order valence-corrected chi connectivity index (χ2v) is 6.47. The van der Waals surface area contributed by atoms with Crippen LogP contribution in [0.5, 0.6) is 0 Å². The average molecular weight is 402 g/mol. The fraction of sp³-hybridized carbons (Fsp3) is 0. The van der Waals surface area contributed by atoms with E-state index in [9.17, 15) is 0 Å². The van der Waals surface area contributed by atoms with E-state index in [1.165, 1.54) is 0 Å². The highest BCUT2D eigenvalue weighted by Crippen LogP contribution is 2.27. The lowest BCUT2D eigenvalue weighted by Gasteiger charge is -2.10. The van der Waals surface area contributed by atoms with Gasteiger partial charge in [0, 0.05) is 29.0 Å². The molecule has 2 heterocycles. The van der Waals surface area contributed by atoms with Gasteiger partial charge in [-0.2, -0.15) is 5.26 Å². The standard InChI is InChI=1S/C20H12BrN5/c21-17-12-24-19(15-4-1-3-13(9-15)11-22)26-20(17)25-16-6-7-18-14(10-16)5-2-8-23-18/h1-10,12H,(H,24,25,26). The molecule has 0 aliphatic heterocycles. The first-order valence-corrected chi connectivity index (χ1v) is 8.67. The quantitative estimate of drug-likeness (QED) is 0.518. The molecule has 0 bridgehead atoms. The maximum atomic E-state index is 9.07. The molecule has 0 atom stereocenters. The minimum atomic E-state index is 0.551. The molecule has 2 aromatic heterocycles. The van der Waals surface area contributed by atoms with Crippen molar-refractivity contribution in [2.45, 2.75) is 0 Å². The summed E-state index contributed by atoms with van der Waals surface area (Å²) in [4.78, 5) is 13.3. The van der Waals surface area contributed by atoms with Gasteiger partial charge in [0.25, 0.3) is 0 Å². The van der Waals surface area contributed by atoms with Gasteiger partial charge in [-0.25, -0.2) is 9.97 Å². The summed E-state index contributed by atoms with van der Waals surface area (Å²) in [5.41, 5.74) is 3.21. The summed E-state index contributed by atoms with van der Waals surface area (Å²) in [6, 6.07) is 19.2. The molecule has 1 N–H and O–H groups in total. The minimum Gasteiger partial charge on any atom is -0.339 e. The van der Waals surface area contributed by atoms with Crippen LogP contribution in [0, 0.1) is 11.3 Å². The third-order valence-corrected chi connectivity index (χ3v) is 4.44. The third kappa shape index (κ3) is 3.25. The lowest BCUT2D eigenvalue weighted by atomic mass is 10.1. The first kappa shape index (κ1) is 16.2. The Morgan fingerprint density at radius 3 is 2.81 bits per heavy atom. The van der Waals surface area contributed by atoms with E-state index in [1.807, 2.05) is 42.5 Å². The van der Waals surface area contributed by atoms with E-state index in [4.69, 9.17) is 5.26 Å². The maximum Gasteiger partial charge on any atom is 0.161 e. The number of anilines is 2. The van der Waals surface area contributed by atoms with Crippen LogP contribution < -0.4 is 5.32 Å². The summed E-state index contributed by atoms with van der Waals surface area (Å²) >= 11 is 3.49. The van der Waals surface area contributed by atoms with Crippen LogP contribution in [0.2, 0.25) is 0 Å². The van der Waals surface area contributed by atoms with Crippen LogP contribution in [0.25, 0.3) is 22.3 Å². The van der Waals surface area contributed by atoms with E-state index in [-0.39, 0.29) is 0 Å². The first-order chi connectivity index (χ1) is 12.7. The lowest BCUT2D eigenvalue weighted by Crippen LogP contribution is -1.98. The smallest absolute Gasteiger partial charge is 0.161 e. The Morgan fingerprint density at radius 1 is 1.00 bits per heavy atom. The number of nitriles is 1. The number of pyridine rings is 1. The molecule has 26 heavy (non-hydrogen) atoms. The van der Waals surface area contributed by atoms with Crippen molar-refractivity contribution in [1.82, 2.24) is 15.0 Å². The maximum absolute atomic E-state index is 9.07. The van der Waals surface area contributed by atoms with Crippen LogP contribution in [0.1, 0.15) is 5.56 Å². The number of fused-ring (bicyclic) bond motifs is 1. The fourth-order valence-electron chi connectivity index (χ4n) is 2.61. The topological polar surface area (TPSA) is 74.5 Å². The highest BCUT2D eigenvalue weighted by atomic mass is 79.9. The van der Waals surface area contributed by atoms with E-state index in [2.05, 4.69) is 42.3 Å². The first-order valence-electron chi connectivity index (χ1n) is 7.88. The molecular weight excluding hydrogens is 390 g/mol. The zero-order chi connectivity index (χ0) is 17.9. The van der Waals surface area contributed by atoms with Crippen LogP contribution in [0.3, 0.4) is 0 Å². The molecule has 0 aliphatic carbocycles. The van der Waals surface area contributed by atoms with Crippen LogP contribution in [-0.2, 0) is 0 Å². The van der Waals surface area contributed by atoms with Crippen molar-refractivity contribution in [3.8, 4) is 17.5 Å². The van der Waals surface area contributed by atoms with E-state index in [0.29, 0.717) is 17.2 Å². The van der Waals surface area contributed by atoms with Crippen LogP contribution >= 0.6 is 15.9 Å². The molecule has 5 nitrogen and oxygen atoms in total. The molecule has 0 amide bonds. The Morgan fingerprint density at radius 2 is 1.92 bits per heavy atom. The summed E-state index contributed by atoms with van der Waals surface area (Å²) in [5, 5.41) is 13.4. The number of nitrogens with zero attached hydrogens (tertiary/aromatic N) is 4. The monoisotopic (exact) mass is 401 g/mol. The zero-order valence-electron chi connectivity index (χ0n) is 13.5. The molecule has 0 saturated carbocycles. The highest BCUT2D eigenvalue weighted by Gasteiger charge is 2.09. The number of benzene rings is 2. The summed E-state index contributed by atoms with van der Waals surface area (Å²) in [6.07, 6.45) is 3.48. The van der Waals surface area contributed by atoms with Gasteiger partial charge >= 0.3 is 0 Å². The summed E-state index contributed by atoms with van der Waals surface area (Å²) in [7, 11) is 0. The van der Waals surface area contributed by atoms with Gasteiger partial charge in [0.15, 0.2) is 5.82 Å². The van der Waals surface area contributed by atoms with Gasteiger partial charge in [-0.3, -0.25) is 4.98 Å². The average Bonchev–Trinajstić information content (AvgIpc) is 2.69. The molecule has 0 saturated heterocycles. The molecule has 4 rings (SSSR count). The molecule has 6 heteroatoms. The van der Waals surface area contributed by atoms with E-state index >= 15 is 0 Å². The van der Waals surface area contributed by atoms with Crippen LogP contribution in [-0.4, -0.2) is 15.0 Å². The van der Waals surface area contributed by atoms with Crippen molar-refractivity contribution < 1.29 is 0 Å². The molecule has 124 valence electrons. The van der Waals surface area contributed by atoms with Crippen molar-refractivity contribution in [1.29, 1.82) is 5.26 Å². The SMILES string of the molecule is N#Cc1cccc(-c2ncc(Br)c(Nc3ccc4ncccc4c3)n2)c1. The largest absolute Gasteiger partial charge is 0.339 e.